The molecular weight excluding hydrogens is 495 g/mol. The van der Waals surface area contributed by atoms with Crippen LogP contribution in [0.3, 0.4) is 0 Å². The predicted octanol–water partition coefficient (Wildman–Crippen LogP) is 5.80. The monoisotopic (exact) mass is 522 g/mol. The van der Waals surface area contributed by atoms with Crippen molar-refractivity contribution < 1.29 is 14.3 Å². The molecule has 0 bridgehead atoms. The van der Waals surface area contributed by atoms with Crippen LogP contribution in [0, 0.1) is 17.1 Å². The number of thiophene rings is 1. The van der Waals surface area contributed by atoms with Crippen LogP contribution in [0.2, 0.25) is 0 Å². The number of rotatable bonds is 10. The maximum atomic E-state index is 13.4. The third-order valence-corrected chi connectivity index (χ3v) is 7.29. The summed E-state index contributed by atoms with van der Waals surface area (Å²) in [5, 5.41) is 28.2. The van der Waals surface area contributed by atoms with Crippen LogP contribution in [-0.2, 0) is 4.79 Å². The van der Waals surface area contributed by atoms with Crippen molar-refractivity contribution >= 4 is 40.4 Å². The largest absolute Gasteiger partial charge is 0.402 e. The summed E-state index contributed by atoms with van der Waals surface area (Å²) in [6.45, 7) is 3.42. The molecule has 1 amide bonds. The van der Waals surface area contributed by atoms with Gasteiger partial charge in [-0.2, -0.15) is 5.26 Å². The first-order valence-corrected chi connectivity index (χ1v) is 13.0. The molecule has 0 fully saturated rings. The lowest BCUT2D eigenvalue weighted by molar-refractivity contribution is -0.113. The molecule has 2 atom stereocenters. The number of benzene rings is 2. The Balaban J connectivity index is 1.88. The van der Waals surface area contributed by atoms with Gasteiger partial charge in [-0.1, -0.05) is 30.3 Å². The first-order valence-electron chi connectivity index (χ1n) is 11.1. The van der Waals surface area contributed by atoms with Crippen molar-refractivity contribution in [1.29, 1.82) is 5.26 Å². The Morgan fingerprint density at radius 2 is 1.86 bits per heavy atom. The van der Waals surface area contributed by atoms with E-state index >= 15 is 0 Å². The first kappa shape index (κ1) is 27.0. The van der Waals surface area contributed by atoms with Gasteiger partial charge in [0.05, 0.1) is 17.6 Å². The summed E-state index contributed by atoms with van der Waals surface area (Å²) in [5.41, 5.74) is 8.24. The maximum absolute atomic E-state index is 13.4. The molecule has 0 saturated carbocycles. The maximum Gasteiger partial charge on any atom is 0.254 e. The van der Waals surface area contributed by atoms with Crippen LogP contribution in [0.4, 0.5) is 15.8 Å². The lowest BCUT2D eigenvalue weighted by atomic mass is 9.87. The Morgan fingerprint density at radius 1 is 1.14 bits per heavy atom. The van der Waals surface area contributed by atoms with Gasteiger partial charge >= 0.3 is 0 Å². The molecule has 0 radical (unpaired) electrons. The van der Waals surface area contributed by atoms with E-state index in [9.17, 15) is 19.6 Å². The molecule has 3 aromatic rings. The molecule has 2 unspecified atom stereocenters. The Hall–Kier alpha value is -3.58. The van der Waals surface area contributed by atoms with Crippen LogP contribution in [0.15, 0.2) is 93.9 Å². The highest BCUT2D eigenvalue weighted by Gasteiger charge is 2.30. The SMILES string of the molecule is C/C(SCC(O)Nc1cccc(F)c1)=C(/C#N)C(/C(C(=O)Nc1ccccc1)=C(/C)N)c1cccs1. The van der Waals surface area contributed by atoms with E-state index in [-0.39, 0.29) is 11.3 Å². The highest BCUT2D eigenvalue weighted by molar-refractivity contribution is 8.03. The highest BCUT2D eigenvalue weighted by atomic mass is 32.2. The summed E-state index contributed by atoms with van der Waals surface area (Å²) in [7, 11) is 0. The molecule has 36 heavy (non-hydrogen) atoms. The Bertz CT molecular complexity index is 1280. The number of amides is 1. The van der Waals surface area contributed by atoms with Crippen LogP contribution < -0.4 is 16.4 Å². The van der Waals surface area contributed by atoms with Gasteiger partial charge in [0.1, 0.15) is 12.0 Å². The number of nitrogens with one attached hydrogen (secondary N) is 2. The molecule has 1 aromatic heterocycles. The van der Waals surface area contributed by atoms with E-state index < -0.39 is 23.9 Å². The molecule has 0 aliphatic carbocycles. The van der Waals surface area contributed by atoms with E-state index in [0.29, 0.717) is 27.6 Å². The van der Waals surface area contributed by atoms with Crippen LogP contribution in [0.25, 0.3) is 0 Å². The highest BCUT2D eigenvalue weighted by Crippen LogP contribution is 2.39. The third-order valence-electron chi connectivity index (χ3n) is 5.22. The predicted molar refractivity (Wildman–Crippen MR) is 146 cm³/mol. The fraction of sp³-hybridized carbons (Fsp3) is 0.185. The number of hydrogen-bond donors (Lipinski definition) is 4. The number of carbonyl (C=O) groups excluding carboxylic acids is 1. The number of para-hydroxylation sites is 1. The second kappa shape index (κ2) is 12.9. The first-order chi connectivity index (χ1) is 17.3. The molecule has 0 saturated heterocycles. The average Bonchev–Trinajstić information content (AvgIpc) is 3.37. The lowest BCUT2D eigenvalue weighted by Crippen LogP contribution is -2.24. The minimum Gasteiger partial charge on any atom is -0.402 e. The number of nitrogens with two attached hydrogens (primary N) is 1. The number of nitriles is 1. The summed E-state index contributed by atoms with van der Waals surface area (Å²) >= 11 is 2.70. The molecule has 5 N–H and O–H groups in total. The minimum absolute atomic E-state index is 0.196. The topological polar surface area (TPSA) is 111 Å². The third kappa shape index (κ3) is 7.21. The van der Waals surface area contributed by atoms with E-state index in [1.807, 2.05) is 35.7 Å². The van der Waals surface area contributed by atoms with Crippen molar-refractivity contribution in [3.05, 3.63) is 105 Å². The van der Waals surface area contributed by atoms with Crippen molar-refractivity contribution in [2.24, 2.45) is 5.73 Å². The molecule has 6 nitrogen and oxygen atoms in total. The van der Waals surface area contributed by atoms with Gasteiger partial charge in [-0.15, -0.1) is 23.1 Å². The number of aliphatic hydroxyl groups excluding tert-OH is 1. The van der Waals surface area contributed by atoms with E-state index in [4.69, 9.17) is 5.73 Å². The van der Waals surface area contributed by atoms with Crippen molar-refractivity contribution in [2.45, 2.75) is 26.0 Å². The number of carbonyl (C=O) groups is 1. The zero-order valence-corrected chi connectivity index (χ0v) is 21.5. The molecule has 1 heterocycles. The van der Waals surface area contributed by atoms with Gasteiger partial charge in [0, 0.05) is 33.3 Å². The van der Waals surface area contributed by atoms with Gasteiger partial charge < -0.3 is 21.5 Å². The Kier molecular flexibility index (Phi) is 9.70. The number of aliphatic hydroxyl groups is 1. The summed E-state index contributed by atoms with van der Waals surface area (Å²) in [4.78, 5) is 14.8. The van der Waals surface area contributed by atoms with E-state index in [1.165, 1.54) is 35.2 Å². The van der Waals surface area contributed by atoms with Gasteiger partial charge in [0.15, 0.2) is 0 Å². The van der Waals surface area contributed by atoms with E-state index in [0.717, 1.165) is 4.88 Å². The van der Waals surface area contributed by atoms with E-state index in [2.05, 4.69) is 16.7 Å². The van der Waals surface area contributed by atoms with Crippen molar-refractivity contribution in [1.82, 2.24) is 0 Å². The second-order valence-corrected chi connectivity index (χ2v) is 10.1. The number of nitrogens with zero attached hydrogens (tertiary/aromatic N) is 1. The molecule has 0 aliphatic heterocycles. The van der Waals surface area contributed by atoms with E-state index in [1.54, 1.807) is 38.1 Å². The standard InChI is InChI=1S/C27H27FN4O2S2/c1-17(30)25(27(34)32-20-9-4-3-5-10-20)26(23-12-7-13-35-23)22(15-29)18(2)36-16-24(33)31-21-11-6-8-19(28)14-21/h3-14,24,26,31,33H,16,30H2,1-2H3,(H,32,34)/b22-18+,25-17+. The molecule has 3 rings (SSSR count). The molecule has 0 aliphatic rings. The van der Waals surface area contributed by atoms with Crippen LogP contribution in [0.5, 0.6) is 0 Å². The van der Waals surface area contributed by atoms with Crippen LogP contribution >= 0.6 is 23.1 Å². The van der Waals surface area contributed by atoms with Gasteiger partial charge in [-0.3, -0.25) is 4.79 Å². The summed E-state index contributed by atoms with van der Waals surface area (Å²) < 4.78 is 13.4. The Morgan fingerprint density at radius 3 is 2.47 bits per heavy atom. The van der Waals surface area contributed by atoms with Crippen molar-refractivity contribution in [3.8, 4) is 6.07 Å². The summed E-state index contributed by atoms with van der Waals surface area (Å²) in [5.74, 6) is -1.28. The Labute approximate surface area is 218 Å². The second-order valence-electron chi connectivity index (χ2n) is 7.93. The van der Waals surface area contributed by atoms with Gasteiger partial charge in [-0.05, 0) is 60.5 Å². The number of hydrogen-bond acceptors (Lipinski definition) is 7. The molecular formula is C27H27FN4O2S2. The zero-order chi connectivity index (χ0) is 26.1. The normalized spacial score (nSPS) is 14.1. The summed E-state index contributed by atoms with van der Waals surface area (Å²) in [6, 6.07) is 20.8. The van der Waals surface area contributed by atoms with Gasteiger partial charge in [0.25, 0.3) is 5.91 Å². The van der Waals surface area contributed by atoms with Crippen LogP contribution in [0.1, 0.15) is 24.6 Å². The molecule has 2 aromatic carbocycles. The minimum atomic E-state index is -0.987. The fourth-order valence-corrected chi connectivity index (χ4v) is 5.24. The number of thioether (sulfide) groups is 1. The summed E-state index contributed by atoms with van der Waals surface area (Å²) in [6.07, 6.45) is -0.987. The lowest BCUT2D eigenvalue weighted by Gasteiger charge is -2.22. The molecule has 9 heteroatoms. The number of allylic oxidation sites excluding steroid dienone is 3. The number of anilines is 2. The average molecular weight is 523 g/mol. The smallest absolute Gasteiger partial charge is 0.254 e. The van der Waals surface area contributed by atoms with Crippen molar-refractivity contribution in [2.75, 3.05) is 16.4 Å². The van der Waals surface area contributed by atoms with Crippen molar-refractivity contribution in [3.63, 3.8) is 0 Å². The molecule has 0 spiro atoms. The van der Waals surface area contributed by atoms with Gasteiger partial charge in [0.2, 0.25) is 0 Å². The zero-order valence-electron chi connectivity index (χ0n) is 19.9. The number of halogens is 1. The quantitative estimate of drug-likeness (QED) is 0.152. The fourth-order valence-electron chi connectivity index (χ4n) is 3.58. The molecule has 186 valence electrons. The van der Waals surface area contributed by atoms with Gasteiger partial charge in [-0.25, -0.2) is 4.39 Å². The van der Waals surface area contributed by atoms with Crippen LogP contribution in [-0.4, -0.2) is 23.0 Å².